The maximum Gasteiger partial charge on any atom is 0.490 e. The van der Waals surface area contributed by atoms with Crippen LogP contribution >= 0.6 is 0 Å². The number of aliphatic carboxylic acids is 2. The summed E-state index contributed by atoms with van der Waals surface area (Å²) in [4.78, 5) is 36.8. The topological polar surface area (TPSA) is 138 Å². The summed E-state index contributed by atoms with van der Waals surface area (Å²) >= 11 is 0. The molecule has 3 atom stereocenters. The van der Waals surface area contributed by atoms with Crippen molar-refractivity contribution in [3.63, 3.8) is 0 Å². The Bertz CT molecular complexity index is 1160. The van der Waals surface area contributed by atoms with Crippen molar-refractivity contribution < 1.29 is 60.4 Å². The first-order valence-electron chi connectivity index (χ1n) is 12.3. The van der Waals surface area contributed by atoms with Crippen LogP contribution in [-0.2, 0) is 30.4 Å². The van der Waals surface area contributed by atoms with Crippen LogP contribution in [0.25, 0.3) is 0 Å². The van der Waals surface area contributed by atoms with Crippen molar-refractivity contribution in [1.82, 2.24) is 15.2 Å². The number of carbonyl (C=O) groups excluding carboxylic acids is 1. The number of hydrogen-bond acceptors (Lipinski definition) is 7. The summed E-state index contributed by atoms with van der Waals surface area (Å²) in [6.45, 7) is 3.89. The fourth-order valence-electron chi connectivity index (χ4n) is 4.53. The van der Waals surface area contributed by atoms with Gasteiger partial charge in [0, 0.05) is 51.0 Å². The van der Waals surface area contributed by atoms with Crippen LogP contribution in [0.2, 0.25) is 0 Å². The van der Waals surface area contributed by atoms with Crippen LogP contribution in [0.5, 0.6) is 0 Å². The molecule has 0 bridgehead atoms. The largest absolute Gasteiger partial charge is 0.490 e. The summed E-state index contributed by atoms with van der Waals surface area (Å²) < 4.78 is 73.8. The molecular weight excluding hydrogens is 580 g/mol. The Hall–Kier alpha value is -3.76. The number of nitrogens with zero attached hydrogens (tertiary/aromatic N) is 2. The van der Waals surface area contributed by atoms with E-state index in [1.54, 1.807) is 7.11 Å². The quantitative estimate of drug-likeness (QED) is 0.304. The van der Waals surface area contributed by atoms with E-state index in [-0.39, 0.29) is 18.6 Å². The minimum atomic E-state index is -5.08. The van der Waals surface area contributed by atoms with Crippen molar-refractivity contribution in [2.75, 3.05) is 40.0 Å². The molecule has 1 aromatic heterocycles. The van der Waals surface area contributed by atoms with Crippen molar-refractivity contribution in [3.8, 4) is 0 Å². The van der Waals surface area contributed by atoms with Crippen molar-refractivity contribution in [2.24, 2.45) is 5.92 Å². The second-order valence-corrected chi connectivity index (χ2v) is 9.15. The van der Waals surface area contributed by atoms with Gasteiger partial charge in [0.2, 0.25) is 5.91 Å². The van der Waals surface area contributed by atoms with Crippen LogP contribution in [0.15, 0.2) is 48.8 Å². The number of alkyl halides is 6. The molecule has 10 nitrogen and oxygen atoms in total. The highest BCUT2D eigenvalue weighted by Gasteiger charge is 2.46. The number of pyridine rings is 1. The van der Waals surface area contributed by atoms with Gasteiger partial charge in [0.05, 0.1) is 19.3 Å². The van der Waals surface area contributed by atoms with Gasteiger partial charge >= 0.3 is 24.3 Å². The van der Waals surface area contributed by atoms with Crippen LogP contribution in [-0.4, -0.2) is 90.3 Å². The lowest BCUT2D eigenvalue weighted by atomic mass is 9.94. The van der Waals surface area contributed by atoms with Crippen LogP contribution in [0.4, 0.5) is 26.3 Å². The minimum Gasteiger partial charge on any atom is -0.475 e. The molecule has 2 aromatic rings. The van der Waals surface area contributed by atoms with Crippen molar-refractivity contribution >= 4 is 17.8 Å². The van der Waals surface area contributed by atoms with E-state index in [9.17, 15) is 31.1 Å². The number of rotatable bonds is 8. The molecule has 16 heteroatoms. The number of carbonyl (C=O) groups is 3. The zero-order valence-corrected chi connectivity index (χ0v) is 22.2. The molecule has 1 fully saturated rings. The summed E-state index contributed by atoms with van der Waals surface area (Å²) in [5, 5.41) is 17.5. The summed E-state index contributed by atoms with van der Waals surface area (Å²) in [6, 6.07) is 12.7. The van der Waals surface area contributed by atoms with E-state index in [2.05, 4.69) is 51.6 Å². The highest BCUT2D eigenvalue weighted by molar-refractivity contribution is 5.78. The number of aromatic nitrogens is 1. The molecule has 1 amide bonds. The lowest BCUT2D eigenvalue weighted by molar-refractivity contribution is -0.193. The zero-order chi connectivity index (χ0) is 31.5. The number of nitrogens with one attached hydrogen (secondary N) is 1. The molecule has 232 valence electrons. The van der Waals surface area contributed by atoms with E-state index in [4.69, 9.17) is 29.3 Å². The molecule has 42 heavy (non-hydrogen) atoms. The number of hydrogen-bond donors (Lipinski definition) is 3. The molecular formula is C26H29F6N3O7. The number of halogens is 6. The lowest BCUT2D eigenvalue weighted by Gasteiger charge is -2.23. The Morgan fingerprint density at radius 3 is 2.00 bits per heavy atom. The molecule has 1 aromatic carbocycles. The average molecular weight is 610 g/mol. The molecule has 2 heterocycles. The molecule has 0 radical (unpaired) electrons. The van der Waals surface area contributed by atoms with Crippen molar-refractivity contribution in [2.45, 2.75) is 30.9 Å². The van der Waals surface area contributed by atoms with Gasteiger partial charge in [0.25, 0.3) is 0 Å². The van der Waals surface area contributed by atoms with Crippen molar-refractivity contribution in [1.29, 1.82) is 0 Å². The first-order chi connectivity index (χ1) is 19.6. The fourth-order valence-corrected chi connectivity index (χ4v) is 4.53. The van der Waals surface area contributed by atoms with E-state index in [0.29, 0.717) is 25.0 Å². The summed E-state index contributed by atoms with van der Waals surface area (Å²) in [6.07, 6.45) is -6.48. The van der Waals surface area contributed by atoms with Gasteiger partial charge in [0.1, 0.15) is 6.61 Å². The number of fused-ring (bicyclic) bond motifs is 3. The second kappa shape index (κ2) is 15.5. The Morgan fingerprint density at radius 1 is 0.929 bits per heavy atom. The number of benzene rings is 1. The smallest absolute Gasteiger partial charge is 0.475 e. The highest BCUT2D eigenvalue weighted by atomic mass is 19.4. The second-order valence-electron chi connectivity index (χ2n) is 9.15. The molecule has 0 unspecified atom stereocenters. The summed E-state index contributed by atoms with van der Waals surface area (Å²) in [5.41, 5.74) is 3.90. The minimum absolute atomic E-state index is 0.0437. The first kappa shape index (κ1) is 34.4. The molecule has 1 aliphatic heterocycles. The first-order valence-corrected chi connectivity index (χ1v) is 12.3. The normalized spacial score (nSPS) is 19.4. The summed E-state index contributed by atoms with van der Waals surface area (Å²) in [5.74, 6) is -4.73. The number of carboxylic acid groups (broad SMARTS) is 2. The van der Waals surface area contributed by atoms with Gasteiger partial charge in [-0.3, -0.25) is 14.7 Å². The fraction of sp³-hybridized carbons (Fsp3) is 0.462. The highest BCUT2D eigenvalue weighted by Crippen LogP contribution is 2.49. The summed E-state index contributed by atoms with van der Waals surface area (Å²) in [7, 11) is 1.62. The van der Waals surface area contributed by atoms with Crippen molar-refractivity contribution in [3.05, 3.63) is 65.5 Å². The van der Waals surface area contributed by atoms with Gasteiger partial charge in [-0.25, -0.2) is 9.59 Å². The average Bonchev–Trinajstić information content (AvgIpc) is 3.44. The number of methoxy groups -OCH3 is 1. The Kier molecular flexibility index (Phi) is 12.7. The van der Waals surface area contributed by atoms with Crippen LogP contribution in [0.3, 0.4) is 0 Å². The van der Waals surface area contributed by atoms with Crippen LogP contribution in [0.1, 0.15) is 28.7 Å². The lowest BCUT2D eigenvalue weighted by Crippen LogP contribution is -2.36. The van der Waals surface area contributed by atoms with E-state index in [1.807, 2.05) is 12.4 Å². The number of likely N-dealkylation sites (tertiary alicyclic amines) is 1. The number of ether oxygens (including phenoxy) is 2. The molecule has 0 spiro atoms. The van der Waals surface area contributed by atoms with E-state index >= 15 is 0 Å². The third-order valence-electron chi connectivity index (χ3n) is 6.22. The van der Waals surface area contributed by atoms with Crippen LogP contribution < -0.4 is 5.32 Å². The Labute approximate surface area is 236 Å². The zero-order valence-electron chi connectivity index (χ0n) is 22.2. The maximum atomic E-state index is 12.4. The van der Waals surface area contributed by atoms with Gasteiger partial charge < -0.3 is 25.0 Å². The standard InChI is InChI=1S/C22H27N3O3.2C2HF3O2/c1-27-10-11-28-15-21(26)24-22-18-5-3-2-4-17(18)19-13-25(14-20(19)22)12-16-6-8-23-9-7-16;2*3-2(4,5)1(6)7/h2-9,19-20,22H,10-15H2,1H3,(H,24,26);2*(H,6,7)/t19-,20-,22+;;/m0../s1. The van der Waals surface area contributed by atoms with Gasteiger partial charge in [-0.2, -0.15) is 26.3 Å². The van der Waals surface area contributed by atoms with E-state index < -0.39 is 24.3 Å². The Balaban J connectivity index is 0.000000367. The van der Waals surface area contributed by atoms with Gasteiger partial charge in [-0.15, -0.1) is 0 Å². The predicted octanol–water partition coefficient (Wildman–Crippen LogP) is 3.40. The Morgan fingerprint density at radius 2 is 1.48 bits per heavy atom. The van der Waals surface area contributed by atoms with E-state index in [0.717, 1.165) is 19.6 Å². The third-order valence-corrected chi connectivity index (χ3v) is 6.22. The van der Waals surface area contributed by atoms with Gasteiger partial charge in [0.15, 0.2) is 0 Å². The maximum absolute atomic E-state index is 12.4. The van der Waals surface area contributed by atoms with Crippen LogP contribution in [0, 0.1) is 5.92 Å². The molecule has 0 saturated carbocycles. The molecule has 1 aliphatic carbocycles. The number of amides is 1. The monoisotopic (exact) mass is 609 g/mol. The molecule has 4 rings (SSSR count). The van der Waals surface area contributed by atoms with E-state index in [1.165, 1.54) is 16.7 Å². The SMILES string of the molecule is COCCOCC(=O)N[C@@H]1c2ccccc2[C@@H]2CN(Cc3ccncc3)C[C@H]12.O=C(O)C(F)(F)F.O=C(O)C(F)(F)F. The molecule has 3 N–H and O–H groups in total. The predicted molar refractivity (Wildman–Crippen MR) is 133 cm³/mol. The van der Waals surface area contributed by atoms with Gasteiger partial charge in [-0.05, 0) is 28.8 Å². The van der Waals surface area contributed by atoms with Gasteiger partial charge in [-0.1, -0.05) is 24.3 Å². The molecule has 2 aliphatic rings. The molecule has 1 saturated heterocycles. The number of carboxylic acids is 2. The third kappa shape index (κ3) is 10.6.